The van der Waals surface area contributed by atoms with E-state index in [-0.39, 0.29) is 5.91 Å². The van der Waals surface area contributed by atoms with Gasteiger partial charge in [0.25, 0.3) is 5.91 Å². The topological polar surface area (TPSA) is 69.9 Å². The predicted octanol–water partition coefficient (Wildman–Crippen LogP) is 3.48. The Hall–Kier alpha value is -3.64. The van der Waals surface area contributed by atoms with Gasteiger partial charge in [0.1, 0.15) is 0 Å². The number of hydrogen-bond donors (Lipinski definition) is 1. The van der Waals surface area contributed by atoms with Crippen LogP contribution in [0.4, 0.5) is 5.69 Å². The fourth-order valence-corrected chi connectivity index (χ4v) is 4.97. The van der Waals surface area contributed by atoms with Gasteiger partial charge in [0.2, 0.25) is 5.91 Å². The van der Waals surface area contributed by atoms with Crippen molar-refractivity contribution < 1.29 is 9.59 Å². The molecule has 0 bridgehead atoms. The minimum atomic E-state index is -0.427. The molecule has 1 fully saturated rings. The molecule has 1 aliphatic heterocycles. The van der Waals surface area contributed by atoms with Crippen LogP contribution in [0.5, 0.6) is 0 Å². The SMILES string of the molecule is CN1CCN(C(=O)c2ccc3c(c2)Cc2c(C(N)=O)cc(-c4cccc(N(C)C)c4)cc2-3)CC1. The molecule has 0 spiro atoms. The van der Waals surface area contributed by atoms with E-state index in [2.05, 4.69) is 35.0 Å². The first-order valence-corrected chi connectivity index (χ1v) is 11.7. The number of anilines is 1. The molecule has 174 valence electrons. The first-order valence-electron chi connectivity index (χ1n) is 11.7. The van der Waals surface area contributed by atoms with Crippen LogP contribution in [0.25, 0.3) is 22.3 Å². The number of nitrogens with two attached hydrogens (primary N) is 1. The largest absolute Gasteiger partial charge is 0.378 e. The Bertz CT molecular complexity index is 1290. The van der Waals surface area contributed by atoms with Gasteiger partial charge in [0, 0.05) is 57.1 Å². The summed E-state index contributed by atoms with van der Waals surface area (Å²) in [7, 11) is 6.09. The lowest BCUT2D eigenvalue weighted by atomic mass is 9.93. The highest BCUT2D eigenvalue weighted by molar-refractivity contribution is 6.01. The summed E-state index contributed by atoms with van der Waals surface area (Å²) in [6.45, 7) is 3.27. The molecule has 3 aromatic rings. The van der Waals surface area contributed by atoms with Crippen molar-refractivity contribution in [3.05, 3.63) is 76.9 Å². The number of amides is 2. The van der Waals surface area contributed by atoms with Gasteiger partial charge in [-0.1, -0.05) is 18.2 Å². The highest BCUT2D eigenvalue weighted by Gasteiger charge is 2.27. The minimum absolute atomic E-state index is 0.0724. The third kappa shape index (κ3) is 3.94. The highest BCUT2D eigenvalue weighted by atomic mass is 16.2. The third-order valence-corrected chi connectivity index (χ3v) is 7.01. The number of rotatable bonds is 4. The second-order valence-electron chi connectivity index (χ2n) is 9.50. The van der Waals surface area contributed by atoms with Crippen LogP contribution in [0.3, 0.4) is 0 Å². The van der Waals surface area contributed by atoms with Gasteiger partial charge in [-0.25, -0.2) is 0 Å². The van der Waals surface area contributed by atoms with E-state index < -0.39 is 5.91 Å². The Morgan fingerprint density at radius 2 is 1.65 bits per heavy atom. The van der Waals surface area contributed by atoms with E-state index >= 15 is 0 Å². The summed E-state index contributed by atoms with van der Waals surface area (Å²) in [4.78, 5) is 31.8. The Balaban J connectivity index is 1.53. The molecule has 0 aromatic heterocycles. The molecule has 0 unspecified atom stereocenters. The molecule has 1 aliphatic carbocycles. The number of likely N-dealkylation sites (N-methyl/N-ethyl adjacent to an activating group) is 1. The molecule has 3 aromatic carbocycles. The number of fused-ring (bicyclic) bond motifs is 3. The first kappa shape index (κ1) is 22.2. The molecule has 2 amide bonds. The van der Waals surface area contributed by atoms with Crippen LogP contribution in [0.1, 0.15) is 31.8 Å². The number of nitrogens with zero attached hydrogens (tertiary/aromatic N) is 3. The van der Waals surface area contributed by atoms with Crippen LogP contribution in [-0.4, -0.2) is 68.9 Å². The van der Waals surface area contributed by atoms with Crippen LogP contribution in [0, 0.1) is 0 Å². The van der Waals surface area contributed by atoms with Crippen molar-refractivity contribution in [2.75, 3.05) is 52.2 Å². The highest BCUT2D eigenvalue weighted by Crippen LogP contribution is 2.42. The van der Waals surface area contributed by atoms with Gasteiger partial charge in [-0.2, -0.15) is 0 Å². The van der Waals surface area contributed by atoms with E-state index in [0.29, 0.717) is 17.5 Å². The van der Waals surface area contributed by atoms with Crippen LogP contribution >= 0.6 is 0 Å². The predicted molar refractivity (Wildman–Crippen MR) is 136 cm³/mol. The lowest BCUT2D eigenvalue weighted by Gasteiger charge is -2.32. The summed E-state index contributed by atoms with van der Waals surface area (Å²) in [6, 6.07) is 18.2. The molecule has 6 heteroatoms. The monoisotopic (exact) mass is 454 g/mol. The average Bonchev–Trinajstić information content (AvgIpc) is 3.21. The zero-order valence-corrected chi connectivity index (χ0v) is 20.0. The smallest absolute Gasteiger partial charge is 0.253 e. The normalized spacial score (nSPS) is 15.1. The molecule has 1 heterocycles. The van der Waals surface area contributed by atoms with E-state index in [1.807, 2.05) is 55.4 Å². The van der Waals surface area contributed by atoms with Crippen molar-refractivity contribution in [3.63, 3.8) is 0 Å². The van der Waals surface area contributed by atoms with E-state index in [4.69, 9.17) is 5.73 Å². The van der Waals surface area contributed by atoms with Gasteiger partial charge in [-0.15, -0.1) is 0 Å². The fourth-order valence-electron chi connectivity index (χ4n) is 4.97. The van der Waals surface area contributed by atoms with Crippen molar-refractivity contribution in [2.45, 2.75) is 6.42 Å². The molecular weight excluding hydrogens is 424 g/mol. The number of benzene rings is 3. The number of piperazine rings is 1. The van der Waals surface area contributed by atoms with Crippen molar-refractivity contribution in [2.24, 2.45) is 5.73 Å². The Kier molecular flexibility index (Phi) is 5.62. The first-order chi connectivity index (χ1) is 16.3. The number of primary amides is 1. The second kappa shape index (κ2) is 8.61. The van der Waals surface area contributed by atoms with Gasteiger partial charge >= 0.3 is 0 Å². The maximum absolute atomic E-state index is 13.1. The van der Waals surface area contributed by atoms with Crippen molar-refractivity contribution in [3.8, 4) is 22.3 Å². The summed E-state index contributed by atoms with van der Waals surface area (Å²) in [5.41, 5.74) is 14.3. The van der Waals surface area contributed by atoms with Crippen LogP contribution in [-0.2, 0) is 6.42 Å². The Morgan fingerprint density at radius 3 is 2.35 bits per heavy atom. The van der Waals surface area contributed by atoms with E-state index in [1.54, 1.807) is 0 Å². The van der Waals surface area contributed by atoms with Crippen LogP contribution in [0.15, 0.2) is 54.6 Å². The second-order valence-corrected chi connectivity index (χ2v) is 9.50. The zero-order valence-electron chi connectivity index (χ0n) is 20.0. The van der Waals surface area contributed by atoms with Crippen LogP contribution in [0.2, 0.25) is 0 Å². The fraction of sp³-hybridized carbons (Fsp3) is 0.286. The molecule has 6 nitrogen and oxygen atoms in total. The summed E-state index contributed by atoms with van der Waals surface area (Å²) in [5, 5.41) is 0. The molecule has 2 aliphatic rings. The maximum atomic E-state index is 13.1. The van der Waals surface area contributed by atoms with Gasteiger partial charge in [0.05, 0.1) is 0 Å². The molecule has 34 heavy (non-hydrogen) atoms. The quantitative estimate of drug-likeness (QED) is 0.513. The lowest BCUT2D eigenvalue weighted by molar-refractivity contribution is 0.0664. The van der Waals surface area contributed by atoms with Gasteiger partial charge in [0.15, 0.2) is 0 Å². The van der Waals surface area contributed by atoms with Crippen LogP contribution < -0.4 is 10.6 Å². The van der Waals surface area contributed by atoms with E-state index in [0.717, 1.165) is 65.2 Å². The molecular formula is C28H30N4O2. The van der Waals surface area contributed by atoms with Crippen molar-refractivity contribution in [1.82, 2.24) is 9.80 Å². The van der Waals surface area contributed by atoms with Gasteiger partial charge in [-0.3, -0.25) is 9.59 Å². The number of carbonyl (C=O) groups excluding carboxylic acids is 2. The summed E-state index contributed by atoms with van der Waals surface area (Å²) < 4.78 is 0. The number of hydrogen-bond acceptors (Lipinski definition) is 4. The summed E-state index contributed by atoms with van der Waals surface area (Å²) >= 11 is 0. The van der Waals surface area contributed by atoms with Gasteiger partial charge in [-0.05, 0) is 83.2 Å². The summed E-state index contributed by atoms with van der Waals surface area (Å²) in [5.74, 6) is -0.355. The maximum Gasteiger partial charge on any atom is 0.253 e. The molecule has 2 N–H and O–H groups in total. The molecule has 0 radical (unpaired) electrons. The Morgan fingerprint density at radius 1 is 0.882 bits per heavy atom. The summed E-state index contributed by atoms with van der Waals surface area (Å²) in [6.07, 6.45) is 0.602. The standard InChI is InChI=1S/C28H30N4O2/c1-30(2)22-6-4-5-18(14-22)20-15-24-23-8-7-19(28(34)32-11-9-31(3)10-12-32)13-21(23)17-25(24)26(16-20)27(29)33/h4-8,13-16H,9-12,17H2,1-3H3,(H2,29,33). The third-order valence-electron chi connectivity index (χ3n) is 7.01. The zero-order chi connectivity index (χ0) is 24.0. The van der Waals surface area contributed by atoms with E-state index in [9.17, 15) is 9.59 Å². The average molecular weight is 455 g/mol. The molecule has 0 atom stereocenters. The molecule has 5 rings (SSSR count). The Labute approximate surface area is 200 Å². The van der Waals surface area contributed by atoms with Crippen molar-refractivity contribution in [1.29, 1.82) is 0 Å². The molecule has 0 saturated carbocycles. The lowest BCUT2D eigenvalue weighted by Crippen LogP contribution is -2.47. The number of carbonyl (C=O) groups is 2. The molecule has 1 saturated heterocycles. The van der Waals surface area contributed by atoms with E-state index in [1.165, 1.54) is 0 Å². The van der Waals surface area contributed by atoms with Gasteiger partial charge < -0.3 is 20.4 Å². The minimum Gasteiger partial charge on any atom is -0.378 e. The van der Waals surface area contributed by atoms with Crippen molar-refractivity contribution >= 4 is 17.5 Å².